The van der Waals surface area contributed by atoms with Crippen molar-refractivity contribution in [3.63, 3.8) is 0 Å². The molecule has 0 atom stereocenters. The number of nitrogens with one attached hydrogen (secondary N) is 2. The van der Waals surface area contributed by atoms with Crippen LogP contribution in [0.25, 0.3) is 0 Å². The number of nitrogens with zero attached hydrogens (tertiary/aromatic N) is 1. The Kier molecular flexibility index (Phi) is 5.07. The Labute approximate surface area is 125 Å². The summed E-state index contributed by atoms with van der Waals surface area (Å²) in [6.07, 6.45) is 0.947. The number of benzene rings is 1. The SMILES string of the molecule is Cc1cc(C)nc(NC(=S)NCCc2ccccc2)c1. The number of rotatable bonds is 4. The molecule has 1 aromatic heterocycles. The first-order chi connectivity index (χ1) is 9.63. The third-order valence-corrected chi connectivity index (χ3v) is 3.13. The molecule has 2 rings (SSSR count). The quantitative estimate of drug-likeness (QED) is 0.846. The first-order valence-electron chi connectivity index (χ1n) is 6.67. The van der Waals surface area contributed by atoms with E-state index in [1.165, 1.54) is 11.1 Å². The van der Waals surface area contributed by atoms with E-state index in [-0.39, 0.29) is 0 Å². The molecule has 1 heterocycles. The first kappa shape index (κ1) is 14.5. The minimum absolute atomic E-state index is 0.610. The van der Waals surface area contributed by atoms with E-state index in [4.69, 9.17) is 12.2 Å². The van der Waals surface area contributed by atoms with Crippen molar-refractivity contribution in [3.8, 4) is 0 Å². The van der Waals surface area contributed by atoms with E-state index >= 15 is 0 Å². The van der Waals surface area contributed by atoms with Crippen LogP contribution in [-0.4, -0.2) is 16.6 Å². The monoisotopic (exact) mass is 285 g/mol. The van der Waals surface area contributed by atoms with Gasteiger partial charge in [-0.15, -0.1) is 0 Å². The third kappa shape index (κ3) is 4.63. The Morgan fingerprint density at radius 3 is 2.60 bits per heavy atom. The van der Waals surface area contributed by atoms with E-state index in [1.807, 2.05) is 44.2 Å². The van der Waals surface area contributed by atoms with E-state index in [9.17, 15) is 0 Å². The van der Waals surface area contributed by atoms with Crippen molar-refractivity contribution in [2.75, 3.05) is 11.9 Å². The molecule has 0 aliphatic rings. The Morgan fingerprint density at radius 2 is 1.90 bits per heavy atom. The first-order valence-corrected chi connectivity index (χ1v) is 7.08. The number of pyridine rings is 1. The summed E-state index contributed by atoms with van der Waals surface area (Å²) in [4.78, 5) is 4.40. The van der Waals surface area contributed by atoms with Gasteiger partial charge < -0.3 is 10.6 Å². The van der Waals surface area contributed by atoms with Gasteiger partial charge in [-0.3, -0.25) is 0 Å². The van der Waals surface area contributed by atoms with Gasteiger partial charge in [0.2, 0.25) is 0 Å². The second-order valence-corrected chi connectivity index (χ2v) is 5.20. The van der Waals surface area contributed by atoms with Gasteiger partial charge in [0.1, 0.15) is 5.82 Å². The summed E-state index contributed by atoms with van der Waals surface area (Å²) >= 11 is 5.28. The fourth-order valence-electron chi connectivity index (χ4n) is 2.03. The lowest BCUT2D eigenvalue weighted by Gasteiger charge is -2.11. The minimum atomic E-state index is 0.610. The largest absolute Gasteiger partial charge is 0.362 e. The third-order valence-electron chi connectivity index (χ3n) is 2.88. The standard InChI is InChI=1S/C16H19N3S/c1-12-10-13(2)18-15(11-12)19-16(20)17-9-8-14-6-4-3-5-7-14/h3-7,10-11H,8-9H2,1-2H3,(H2,17,18,19,20). The zero-order valence-electron chi connectivity index (χ0n) is 11.8. The van der Waals surface area contributed by atoms with Crippen LogP contribution in [0.15, 0.2) is 42.5 Å². The predicted molar refractivity (Wildman–Crippen MR) is 88.1 cm³/mol. The van der Waals surface area contributed by atoms with Crippen LogP contribution in [0.4, 0.5) is 5.82 Å². The molecule has 2 aromatic rings. The molecule has 0 unspecified atom stereocenters. The Balaban J connectivity index is 1.81. The van der Waals surface area contributed by atoms with E-state index in [1.54, 1.807) is 0 Å². The summed E-state index contributed by atoms with van der Waals surface area (Å²) in [7, 11) is 0. The average Bonchev–Trinajstić information content (AvgIpc) is 2.38. The van der Waals surface area contributed by atoms with Crippen molar-refractivity contribution in [1.29, 1.82) is 0 Å². The van der Waals surface area contributed by atoms with Gasteiger partial charge in [0.15, 0.2) is 5.11 Å². The highest BCUT2D eigenvalue weighted by molar-refractivity contribution is 7.80. The second kappa shape index (κ2) is 7.01. The maximum Gasteiger partial charge on any atom is 0.171 e. The lowest BCUT2D eigenvalue weighted by atomic mass is 10.1. The Morgan fingerprint density at radius 1 is 1.15 bits per heavy atom. The smallest absolute Gasteiger partial charge is 0.171 e. The summed E-state index contributed by atoms with van der Waals surface area (Å²) in [5, 5.41) is 6.93. The summed E-state index contributed by atoms with van der Waals surface area (Å²) < 4.78 is 0. The van der Waals surface area contributed by atoms with Crippen LogP contribution < -0.4 is 10.6 Å². The predicted octanol–water partition coefficient (Wildman–Crippen LogP) is 3.23. The van der Waals surface area contributed by atoms with Gasteiger partial charge in [-0.25, -0.2) is 4.98 Å². The van der Waals surface area contributed by atoms with Crippen LogP contribution >= 0.6 is 12.2 Å². The maximum absolute atomic E-state index is 5.28. The van der Waals surface area contributed by atoms with Crippen molar-refractivity contribution in [3.05, 3.63) is 59.3 Å². The van der Waals surface area contributed by atoms with Crippen LogP contribution in [0.3, 0.4) is 0 Å². The summed E-state index contributed by atoms with van der Waals surface area (Å²) in [5.74, 6) is 0.791. The molecule has 0 amide bonds. The molecule has 20 heavy (non-hydrogen) atoms. The highest BCUT2D eigenvalue weighted by Gasteiger charge is 2.00. The number of anilines is 1. The Bertz CT molecular complexity index is 561. The lowest BCUT2D eigenvalue weighted by molar-refractivity contribution is 0.873. The van der Waals surface area contributed by atoms with Gasteiger partial charge in [-0.1, -0.05) is 30.3 Å². The van der Waals surface area contributed by atoms with Crippen LogP contribution in [0.5, 0.6) is 0 Å². The molecule has 0 fully saturated rings. The molecule has 2 N–H and O–H groups in total. The molecule has 1 aromatic carbocycles. The molecule has 104 valence electrons. The summed E-state index contributed by atoms with van der Waals surface area (Å²) in [5.41, 5.74) is 3.46. The van der Waals surface area contributed by atoms with Gasteiger partial charge in [0.05, 0.1) is 0 Å². The van der Waals surface area contributed by atoms with Gasteiger partial charge in [-0.05, 0) is 55.7 Å². The van der Waals surface area contributed by atoms with Crippen molar-refractivity contribution < 1.29 is 0 Å². The number of aromatic nitrogens is 1. The molecule has 4 heteroatoms. The van der Waals surface area contributed by atoms with E-state index in [0.717, 1.165) is 24.5 Å². The van der Waals surface area contributed by atoms with Gasteiger partial charge in [0, 0.05) is 12.2 Å². The molecule has 0 aliphatic heterocycles. The molecular weight excluding hydrogens is 266 g/mol. The number of hydrogen-bond acceptors (Lipinski definition) is 2. The zero-order chi connectivity index (χ0) is 14.4. The van der Waals surface area contributed by atoms with Crippen LogP contribution in [0.1, 0.15) is 16.8 Å². The number of aryl methyl sites for hydroxylation is 2. The fraction of sp³-hybridized carbons (Fsp3) is 0.250. The maximum atomic E-state index is 5.28. The topological polar surface area (TPSA) is 37.0 Å². The molecule has 0 radical (unpaired) electrons. The highest BCUT2D eigenvalue weighted by Crippen LogP contribution is 2.08. The van der Waals surface area contributed by atoms with Gasteiger partial charge >= 0.3 is 0 Å². The van der Waals surface area contributed by atoms with Crippen LogP contribution in [0.2, 0.25) is 0 Å². The van der Waals surface area contributed by atoms with Crippen LogP contribution in [0, 0.1) is 13.8 Å². The Hall–Kier alpha value is -1.94. The van der Waals surface area contributed by atoms with Crippen molar-refractivity contribution in [2.45, 2.75) is 20.3 Å². The van der Waals surface area contributed by atoms with Crippen LogP contribution in [-0.2, 0) is 6.42 Å². The molecule has 0 spiro atoms. The molecule has 0 saturated heterocycles. The average molecular weight is 285 g/mol. The fourth-order valence-corrected chi connectivity index (χ4v) is 2.24. The number of thiocarbonyl (C=S) groups is 1. The molecule has 3 nitrogen and oxygen atoms in total. The van der Waals surface area contributed by atoms with E-state index in [2.05, 4.69) is 27.8 Å². The van der Waals surface area contributed by atoms with Crippen molar-refractivity contribution in [1.82, 2.24) is 10.3 Å². The molecule has 0 saturated carbocycles. The highest BCUT2D eigenvalue weighted by atomic mass is 32.1. The van der Waals surface area contributed by atoms with E-state index < -0.39 is 0 Å². The molecule has 0 aliphatic carbocycles. The second-order valence-electron chi connectivity index (χ2n) is 4.79. The normalized spacial score (nSPS) is 10.1. The molecular formula is C16H19N3S. The molecule has 0 bridgehead atoms. The minimum Gasteiger partial charge on any atom is -0.362 e. The van der Waals surface area contributed by atoms with Gasteiger partial charge in [0.25, 0.3) is 0 Å². The van der Waals surface area contributed by atoms with Crippen molar-refractivity contribution >= 4 is 23.1 Å². The van der Waals surface area contributed by atoms with Crippen molar-refractivity contribution in [2.24, 2.45) is 0 Å². The summed E-state index contributed by atoms with van der Waals surface area (Å²) in [6, 6.07) is 14.4. The lowest BCUT2D eigenvalue weighted by Crippen LogP contribution is -2.30. The zero-order valence-corrected chi connectivity index (χ0v) is 12.6. The van der Waals surface area contributed by atoms with E-state index in [0.29, 0.717) is 5.11 Å². The van der Waals surface area contributed by atoms with Gasteiger partial charge in [-0.2, -0.15) is 0 Å². The summed E-state index contributed by atoms with van der Waals surface area (Å²) in [6.45, 7) is 4.83. The number of hydrogen-bond donors (Lipinski definition) is 2.